The number of rotatable bonds is 8. The van der Waals surface area contributed by atoms with E-state index in [9.17, 15) is 0 Å². The summed E-state index contributed by atoms with van der Waals surface area (Å²) >= 11 is 3.45. The predicted octanol–water partition coefficient (Wildman–Crippen LogP) is 4.15. The van der Waals surface area contributed by atoms with E-state index < -0.39 is 0 Å². The summed E-state index contributed by atoms with van der Waals surface area (Å²) in [5, 5.41) is 12.2. The van der Waals surface area contributed by atoms with Gasteiger partial charge in [0.2, 0.25) is 0 Å². The molecule has 1 aromatic carbocycles. The quantitative estimate of drug-likeness (QED) is 0.744. The second-order valence-electron chi connectivity index (χ2n) is 4.61. The van der Waals surface area contributed by atoms with Gasteiger partial charge >= 0.3 is 0 Å². The summed E-state index contributed by atoms with van der Waals surface area (Å²) in [5.74, 6) is 0. The second kappa shape index (κ2) is 8.39. The fourth-order valence-electron chi connectivity index (χ4n) is 2.16. The van der Waals surface area contributed by atoms with Gasteiger partial charge in [-0.25, -0.2) is 0 Å². The molecule has 0 fully saturated rings. The molecule has 0 aliphatic heterocycles. The Kier molecular flexibility index (Phi) is 6.50. The molecule has 5 heteroatoms. The van der Waals surface area contributed by atoms with Crippen molar-refractivity contribution in [3.8, 4) is 0 Å². The van der Waals surface area contributed by atoms with Crippen LogP contribution in [0.5, 0.6) is 0 Å². The van der Waals surface area contributed by atoms with E-state index in [4.69, 9.17) is 0 Å². The second-order valence-corrected chi connectivity index (χ2v) is 6.93. The Morgan fingerprint density at radius 2 is 2.05 bits per heavy atom. The first-order valence-electron chi connectivity index (χ1n) is 7.06. The van der Waals surface area contributed by atoms with Crippen molar-refractivity contribution in [2.75, 3.05) is 6.54 Å². The Bertz CT molecular complexity index is 473. The van der Waals surface area contributed by atoms with Crippen LogP contribution in [0, 0.1) is 0 Å². The lowest BCUT2D eigenvalue weighted by Gasteiger charge is -2.26. The number of hydrogen-bond donors (Lipinski definition) is 1. The molecule has 0 amide bonds. The highest BCUT2D eigenvalue weighted by atomic mass is 32.2. The van der Waals surface area contributed by atoms with Crippen molar-refractivity contribution in [1.29, 1.82) is 0 Å². The molecule has 3 nitrogen and oxygen atoms in total. The minimum absolute atomic E-state index is 0.357. The zero-order valence-corrected chi connectivity index (χ0v) is 13.6. The van der Waals surface area contributed by atoms with E-state index in [-0.39, 0.29) is 0 Å². The van der Waals surface area contributed by atoms with Gasteiger partial charge in [-0.15, -0.1) is 10.2 Å². The number of nitrogens with one attached hydrogen (secondary N) is 1. The Balaban J connectivity index is 2.14. The normalized spacial score (nSPS) is 14.1. The van der Waals surface area contributed by atoms with E-state index in [0.717, 1.165) is 23.7 Å². The maximum Gasteiger partial charge on any atom is 0.174 e. The van der Waals surface area contributed by atoms with Gasteiger partial charge in [-0.05, 0) is 24.9 Å². The van der Waals surface area contributed by atoms with Crippen molar-refractivity contribution in [1.82, 2.24) is 15.5 Å². The summed E-state index contributed by atoms with van der Waals surface area (Å²) in [6.07, 6.45) is 2.24. The summed E-state index contributed by atoms with van der Waals surface area (Å²) in [4.78, 5) is 0. The van der Waals surface area contributed by atoms with Crippen molar-refractivity contribution < 1.29 is 0 Å². The first-order valence-corrected chi connectivity index (χ1v) is 8.82. The molecule has 2 unspecified atom stereocenters. The largest absolute Gasteiger partial charge is 0.309 e. The van der Waals surface area contributed by atoms with Crippen LogP contribution in [0.2, 0.25) is 0 Å². The third-order valence-electron chi connectivity index (χ3n) is 3.14. The highest BCUT2D eigenvalue weighted by Crippen LogP contribution is 2.34. The molecule has 0 bridgehead atoms. The molecule has 0 spiro atoms. The molecule has 20 heavy (non-hydrogen) atoms. The minimum Gasteiger partial charge on any atom is -0.309 e. The van der Waals surface area contributed by atoms with Gasteiger partial charge in [0.1, 0.15) is 5.51 Å². The van der Waals surface area contributed by atoms with Gasteiger partial charge < -0.3 is 5.32 Å². The zero-order valence-electron chi connectivity index (χ0n) is 12.0. The minimum atomic E-state index is 0.357. The molecule has 1 aromatic heterocycles. The number of thioether (sulfide) groups is 1. The van der Waals surface area contributed by atoms with Crippen LogP contribution in [0.1, 0.15) is 38.3 Å². The zero-order chi connectivity index (χ0) is 14.2. The van der Waals surface area contributed by atoms with E-state index in [0.29, 0.717) is 11.3 Å². The van der Waals surface area contributed by atoms with Crippen LogP contribution in [-0.2, 0) is 0 Å². The molecule has 0 aliphatic rings. The van der Waals surface area contributed by atoms with E-state index >= 15 is 0 Å². The van der Waals surface area contributed by atoms with Crippen LogP contribution in [-0.4, -0.2) is 22.0 Å². The van der Waals surface area contributed by atoms with Gasteiger partial charge in [0.25, 0.3) is 0 Å². The van der Waals surface area contributed by atoms with Crippen LogP contribution >= 0.6 is 23.1 Å². The van der Waals surface area contributed by atoms with Gasteiger partial charge in [-0.2, -0.15) is 0 Å². The van der Waals surface area contributed by atoms with Crippen molar-refractivity contribution in [3.05, 3.63) is 41.4 Å². The van der Waals surface area contributed by atoms with Gasteiger partial charge in [-0.1, -0.05) is 67.3 Å². The fourth-order valence-corrected chi connectivity index (χ4v) is 4.07. The molecule has 2 atom stereocenters. The molecule has 2 aromatic rings. The summed E-state index contributed by atoms with van der Waals surface area (Å²) in [6, 6.07) is 11.1. The molecule has 2 rings (SSSR count). The molecule has 0 saturated carbocycles. The Morgan fingerprint density at radius 1 is 1.25 bits per heavy atom. The molecule has 108 valence electrons. The van der Waals surface area contributed by atoms with Crippen molar-refractivity contribution in [2.45, 2.75) is 42.3 Å². The van der Waals surface area contributed by atoms with Gasteiger partial charge in [-0.3, -0.25) is 0 Å². The SMILES string of the molecule is CCCNC(c1ccccc1)C(CC)Sc1nncs1. The molecular weight excluding hydrogens is 286 g/mol. The topological polar surface area (TPSA) is 37.8 Å². The Labute approximate surface area is 129 Å². The van der Waals surface area contributed by atoms with Crippen molar-refractivity contribution >= 4 is 23.1 Å². The average Bonchev–Trinajstić information content (AvgIpc) is 3.00. The number of hydrogen-bond acceptors (Lipinski definition) is 5. The summed E-state index contributed by atoms with van der Waals surface area (Å²) in [6.45, 7) is 5.48. The number of benzene rings is 1. The van der Waals surface area contributed by atoms with Gasteiger partial charge in [0, 0.05) is 11.3 Å². The molecule has 0 radical (unpaired) electrons. The molecule has 1 N–H and O–H groups in total. The van der Waals surface area contributed by atoms with Crippen molar-refractivity contribution in [3.63, 3.8) is 0 Å². The molecule has 0 aliphatic carbocycles. The van der Waals surface area contributed by atoms with Gasteiger partial charge in [0.15, 0.2) is 4.34 Å². The lowest BCUT2D eigenvalue weighted by molar-refractivity contribution is 0.505. The number of aromatic nitrogens is 2. The van der Waals surface area contributed by atoms with Crippen molar-refractivity contribution in [2.24, 2.45) is 0 Å². The first kappa shape index (κ1) is 15.5. The average molecular weight is 307 g/mol. The van der Waals surface area contributed by atoms with E-state index in [1.165, 1.54) is 5.56 Å². The monoisotopic (exact) mass is 307 g/mol. The molecule has 0 saturated heterocycles. The number of nitrogens with zero attached hydrogens (tertiary/aromatic N) is 2. The lowest BCUT2D eigenvalue weighted by Crippen LogP contribution is -2.30. The predicted molar refractivity (Wildman–Crippen MR) is 87.3 cm³/mol. The Hall–Kier alpha value is -0.910. The smallest absolute Gasteiger partial charge is 0.174 e. The molecular formula is C15H21N3S2. The molecule has 1 heterocycles. The van der Waals surface area contributed by atoms with Crippen LogP contribution in [0.15, 0.2) is 40.2 Å². The first-order chi connectivity index (χ1) is 9.85. The fraction of sp³-hybridized carbons (Fsp3) is 0.467. The van der Waals surface area contributed by atoms with Crippen LogP contribution < -0.4 is 5.32 Å². The highest BCUT2D eigenvalue weighted by Gasteiger charge is 2.23. The van der Waals surface area contributed by atoms with Crippen LogP contribution in [0.25, 0.3) is 0 Å². The third-order valence-corrected chi connectivity index (χ3v) is 5.39. The summed E-state index contributed by atoms with van der Waals surface area (Å²) in [7, 11) is 0. The maximum atomic E-state index is 4.16. The van der Waals surface area contributed by atoms with E-state index in [1.807, 2.05) is 11.8 Å². The van der Waals surface area contributed by atoms with Gasteiger partial charge in [0.05, 0.1) is 0 Å². The van der Waals surface area contributed by atoms with E-state index in [2.05, 4.69) is 59.7 Å². The third kappa shape index (κ3) is 4.30. The standard InChI is InChI=1S/C15H21N3S2/c1-3-10-16-14(12-8-6-5-7-9-12)13(4-2)20-15-18-17-11-19-15/h5-9,11,13-14,16H,3-4,10H2,1-2H3. The maximum absolute atomic E-state index is 4.16. The van der Waals surface area contributed by atoms with Crippen LogP contribution in [0.4, 0.5) is 0 Å². The lowest BCUT2D eigenvalue weighted by atomic mass is 10.0. The van der Waals surface area contributed by atoms with Crippen LogP contribution in [0.3, 0.4) is 0 Å². The summed E-state index contributed by atoms with van der Waals surface area (Å²) in [5.41, 5.74) is 3.15. The summed E-state index contributed by atoms with van der Waals surface area (Å²) < 4.78 is 1.05. The van der Waals surface area contributed by atoms with E-state index in [1.54, 1.807) is 16.8 Å². The Morgan fingerprint density at radius 3 is 2.65 bits per heavy atom. The highest BCUT2D eigenvalue weighted by molar-refractivity contribution is 8.01.